The molecule has 0 aromatic carbocycles. The first-order chi connectivity index (χ1) is 8.98. The summed E-state index contributed by atoms with van der Waals surface area (Å²) in [5.74, 6) is 0.0846. The average molecular weight is 273 g/mol. The van der Waals surface area contributed by atoms with Gasteiger partial charge in [-0.15, -0.1) is 0 Å². The number of alkyl halides is 3. The van der Waals surface area contributed by atoms with Crippen LogP contribution in [0, 0.1) is 0 Å². The summed E-state index contributed by atoms with van der Waals surface area (Å²) in [6.45, 7) is -1.22. The molecule has 2 N–H and O–H groups in total. The molecule has 102 valence electrons. The van der Waals surface area contributed by atoms with Gasteiger partial charge in [-0.2, -0.15) is 33.2 Å². The van der Waals surface area contributed by atoms with E-state index in [9.17, 15) is 13.2 Å². The SMILES string of the molecule is CNc1nc(NCC(F)(F)F)nc(-n2cccn2)n1. The Labute approximate surface area is 105 Å². The summed E-state index contributed by atoms with van der Waals surface area (Å²) < 4.78 is 37.7. The zero-order valence-electron chi connectivity index (χ0n) is 9.81. The lowest BCUT2D eigenvalue weighted by Gasteiger charge is -2.10. The predicted octanol–water partition coefficient (Wildman–Crippen LogP) is 1.07. The van der Waals surface area contributed by atoms with Crippen LogP contribution in [0.3, 0.4) is 0 Å². The predicted molar refractivity (Wildman–Crippen MR) is 61.0 cm³/mol. The van der Waals surface area contributed by atoms with Crippen LogP contribution in [0.15, 0.2) is 18.5 Å². The Morgan fingerprint density at radius 3 is 2.53 bits per heavy atom. The molecule has 0 spiro atoms. The summed E-state index contributed by atoms with van der Waals surface area (Å²) in [6, 6.07) is 1.64. The Balaban J connectivity index is 2.26. The molecule has 0 saturated heterocycles. The molecule has 0 radical (unpaired) electrons. The quantitative estimate of drug-likeness (QED) is 0.867. The molecule has 0 aliphatic heterocycles. The fourth-order valence-corrected chi connectivity index (χ4v) is 1.22. The number of anilines is 2. The fraction of sp³-hybridized carbons (Fsp3) is 0.333. The van der Waals surface area contributed by atoms with Crippen LogP contribution in [0.5, 0.6) is 0 Å². The number of hydrogen-bond donors (Lipinski definition) is 2. The van der Waals surface area contributed by atoms with Crippen LogP contribution in [0.25, 0.3) is 5.95 Å². The lowest BCUT2D eigenvalue weighted by molar-refractivity contribution is -0.115. The van der Waals surface area contributed by atoms with Crippen molar-refractivity contribution in [2.75, 3.05) is 24.2 Å². The van der Waals surface area contributed by atoms with Crippen LogP contribution in [0.1, 0.15) is 0 Å². The second-order valence-electron chi connectivity index (χ2n) is 3.45. The van der Waals surface area contributed by atoms with Gasteiger partial charge >= 0.3 is 6.18 Å². The van der Waals surface area contributed by atoms with Crippen molar-refractivity contribution < 1.29 is 13.2 Å². The first-order valence-electron chi connectivity index (χ1n) is 5.22. The molecule has 0 atom stereocenters. The Morgan fingerprint density at radius 2 is 1.95 bits per heavy atom. The van der Waals surface area contributed by atoms with E-state index in [1.165, 1.54) is 10.9 Å². The largest absolute Gasteiger partial charge is 0.405 e. The summed E-state index contributed by atoms with van der Waals surface area (Å²) in [4.78, 5) is 11.6. The topological polar surface area (TPSA) is 80.5 Å². The Morgan fingerprint density at radius 1 is 1.21 bits per heavy atom. The van der Waals surface area contributed by atoms with Crippen LogP contribution in [0.4, 0.5) is 25.1 Å². The van der Waals surface area contributed by atoms with Crippen LogP contribution in [-0.4, -0.2) is 44.5 Å². The van der Waals surface area contributed by atoms with Crippen LogP contribution in [-0.2, 0) is 0 Å². The molecular formula is C9H10F3N7. The van der Waals surface area contributed by atoms with Crippen molar-refractivity contribution >= 4 is 11.9 Å². The average Bonchev–Trinajstić information content (AvgIpc) is 2.89. The minimum Gasteiger partial charge on any atom is -0.357 e. The maximum atomic E-state index is 12.1. The third-order valence-electron chi connectivity index (χ3n) is 2.00. The molecule has 0 bridgehead atoms. The van der Waals surface area contributed by atoms with Gasteiger partial charge in [0.05, 0.1) is 0 Å². The van der Waals surface area contributed by atoms with Crippen molar-refractivity contribution in [1.82, 2.24) is 24.7 Å². The van der Waals surface area contributed by atoms with Gasteiger partial charge < -0.3 is 10.6 Å². The Hall–Kier alpha value is -2.39. The molecule has 10 heteroatoms. The maximum Gasteiger partial charge on any atom is 0.405 e. The Bertz CT molecular complexity index is 537. The third kappa shape index (κ3) is 3.53. The van der Waals surface area contributed by atoms with Crippen molar-refractivity contribution in [2.45, 2.75) is 6.18 Å². The normalized spacial score (nSPS) is 11.4. The number of nitrogens with zero attached hydrogens (tertiary/aromatic N) is 5. The van der Waals surface area contributed by atoms with E-state index < -0.39 is 12.7 Å². The van der Waals surface area contributed by atoms with Gasteiger partial charge in [0, 0.05) is 19.4 Å². The van der Waals surface area contributed by atoms with Gasteiger partial charge in [0.25, 0.3) is 5.95 Å². The van der Waals surface area contributed by atoms with E-state index >= 15 is 0 Å². The second kappa shape index (κ2) is 5.08. The second-order valence-corrected chi connectivity index (χ2v) is 3.45. The lowest BCUT2D eigenvalue weighted by atomic mass is 10.6. The van der Waals surface area contributed by atoms with Gasteiger partial charge in [-0.25, -0.2) is 4.68 Å². The zero-order valence-corrected chi connectivity index (χ0v) is 9.81. The molecule has 2 aromatic heterocycles. The molecule has 0 fully saturated rings. The molecule has 0 unspecified atom stereocenters. The molecule has 2 heterocycles. The fourth-order valence-electron chi connectivity index (χ4n) is 1.22. The molecule has 7 nitrogen and oxygen atoms in total. The molecule has 2 rings (SSSR count). The number of aromatic nitrogens is 5. The molecule has 0 saturated carbocycles. The molecule has 2 aromatic rings. The highest BCUT2D eigenvalue weighted by atomic mass is 19.4. The molecule has 19 heavy (non-hydrogen) atoms. The van der Waals surface area contributed by atoms with E-state index in [0.717, 1.165) is 0 Å². The summed E-state index contributed by atoms with van der Waals surface area (Å²) in [5, 5.41) is 8.63. The van der Waals surface area contributed by atoms with Crippen LogP contribution in [0.2, 0.25) is 0 Å². The van der Waals surface area contributed by atoms with Gasteiger partial charge in [-0.3, -0.25) is 0 Å². The highest BCUT2D eigenvalue weighted by Crippen LogP contribution is 2.15. The van der Waals surface area contributed by atoms with Crippen LogP contribution >= 0.6 is 0 Å². The first-order valence-corrected chi connectivity index (χ1v) is 5.22. The summed E-state index contributed by atoms with van der Waals surface area (Å²) in [6.07, 6.45) is -1.27. The third-order valence-corrected chi connectivity index (χ3v) is 2.00. The number of nitrogens with one attached hydrogen (secondary N) is 2. The summed E-state index contributed by atoms with van der Waals surface area (Å²) in [7, 11) is 1.55. The van der Waals surface area contributed by atoms with Gasteiger partial charge in [-0.05, 0) is 6.07 Å². The van der Waals surface area contributed by atoms with E-state index in [1.807, 2.05) is 0 Å². The monoisotopic (exact) mass is 273 g/mol. The van der Waals surface area contributed by atoms with Gasteiger partial charge in [0.15, 0.2) is 0 Å². The lowest BCUT2D eigenvalue weighted by Crippen LogP contribution is -2.23. The van der Waals surface area contributed by atoms with E-state index in [4.69, 9.17) is 0 Å². The smallest absolute Gasteiger partial charge is 0.357 e. The summed E-state index contributed by atoms with van der Waals surface area (Å²) in [5.41, 5.74) is 0. The summed E-state index contributed by atoms with van der Waals surface area (Å²) >= 11 is 0. The highest BCUT2D eigenvalue weighted by Gasteiger charge is 2.27. The maximum absolute atomic E-state index is 12.1. The van der Waals surface area contributed by atoms with Crippen LogP contribution < -0.4 is 10.6 Å². The number of halogens is 3. The Kier molecular flexibility index (Phi) is 3.49. The van der Waals surface area contributed by atoms with E-state index in [2.05, 4.69) is 30.7 Å². The van der Waals surface area contributed by atoms with Gasteiger partial charge in [0.1, 0.15) is 6.54 Å². The number of rotatable bonds is 4. The first kappa shape index (κ1) is 13.1. The van der Waals surface area contributed by atoms with Crippen molar-refractivity contribution in [3.05, 3.63) is 18.5 Å². The van der Waals surface area contributed by atoms with Crippen molar-refractivity contribution in [2.24, 2.45) is 0 Å². The minimum atomic E-state index is -4.35. The van der Waals surface area contributed by atoms with Gasteiger partial charge in [0.2, 0.25) is 11.9 Å². The van der Waals surface area contributed by atoms with Crippen molar-refractivity contribution in [1.29, 1.82) is 0 Å². The van der Waals surface area contributed by atoms with E-state index in [-0.39, 0.29) is 17.8 Å². The molecular weight excluding hydrogens is 263 g/mol. The van der Waals surface area contributed by atoms with E-state index in [1.54, 1.807) is 19.3 Å². The van der Waals surface area contributed by atoms with E-state index in [0.29, 0.717) is 0 Å². The molecule has 0 aliphatic carbocycles. The zero-order chi connectivity index (χ0) is 13.9. The van der Waals surface area contributed by atoms with Crippen molar-refractivity contribution in [3.8, 4) is 5.95 Å². The highest BCUT2D eigenvalue weighted by molar-refractivity contribution is 5.37. The molecule has 0 aliphatic rings. The minimum absolute atomic E-state index is 0.119. The number of hydrogen-bond acceptors (Lipinski definition) is 6. The van der Waals surface area contributed by atoms with Gasteiger partial charge in [-0.1, -0.05) is 0 Å². The molecule has 0 amide bonds. The standard InChI is InChI=1S/C9H10F3N7/c1-13-6-16-7(14-5-9(10,11)12)18-8(17-6)19-4-2-3-15-19/h2-4H,5H2,1H3,(H2,13,14,16,17,18). The van der Waals surface area contributed by atoms with Crippen molar-refractivity contribution in [3.63, 3.8) is 0 Å².